The molecule has 0 spiro atoms. The van der Waals surface area contributed by atoms with Crippen LogP contribution in [0.5, 0.6) is 0 Å². The summed E-state index contributed by atoms with van der Waals surface area (Å²) in [6.45, 7) is 0. The molecular formula is C16H18ClN. The predicted molar refractivity (Wildman–Crippen MR) is 79.2 cm³/mol. The highest BCUT2D eigenvalue weighted by atomic mass is 35.5. The van der Waals surface area contributed by atoms with Gasteiger partial charge in [-0.15, -0.1) is 0 Å². The molecule has 1 aliphatic rings. The lowest BCUT2D eigenvalue weighted by Gasteiger charge is -2.25. The smallest absolute Gasteiger partial charge is 0.0484 e. The Balaban J connectivity index is 2.19. The Labute approximate surface area is 113 Å². The van der Waals surface area contributed by atoms with Crippen LogP contribution in [-0.4, -0.2) is 0 Å². The maximum Gasteiger partial charge on any atom is 0.0484 e. The van der Waals surface area contributed by atoms with Gasteiger partial charge in [-0.05, 0) is 41.8 Å². The van der Waals surface area contributed by atoms with Crippen molar-refractivity contribution in [2.24, 2.45) is 0 Å². The third kappa shape index (κ3) is 1.97. The number of fused-ring (bicyclic) bond motifs is 1. The van der Waals surface area contributed by atoms with Gasteiger partial charge in [-0.1, -0.05) is 49.1 Å². The molecule has 2 heteroatoms. The van der Waals surface area contributed by atoms with Gasteiger partial charge < -0.3 is 5.73 Å². The Morgan fingerprint density at radius 2 is 1.72 bits per heavy atom. The molecule has 0 radical (unpaired) electrons. The van der Waals surface area contributed by atoms with Gasteiger partial charge in [0.15, 0.2) is 0 Å². The molecule has 0 bridgehead atoms. The van der Waals surface area contributed by atoms with Crippen LogP contribution in [0, 0.1) is 0 Å². The van der Waals surface area contributed by atoms with Crippen molar-refractivity contribution in [2.75, 3.05) is 5.73 Å². The molecule has 2 N–H and O–H groups in total. The fourth-order valence-electron chi connectivity index (χ4n) is 3.21. The monoisotopic (exact) mass is 259 g/mol. The van der Waals surface area contributed by atoms with E-state index in [-0.39, 0.29) is 0 Å². The summed E-state index contributed by atoms with van der Waals surface area (Å²) < 4.78 is 0. The van der Waals surface area contributed by atoms with Gasteiger partial charge >= 0.3 is 0 Å². The van der Waals surface area contributed by atoms with Crippen LogP contribution in [0.1, 0.15) is 43.6 Å². The number of benzene rings is 2. The third-order valence-electron chi connectivity index (χ3n) is 4.10. The molecule has 0 saturated heterocycles. The zero-order chi connectivity index (χ0) is 12.5. The van der Waals surface area contributed by atoms with Crippen LogP contribution in [0.4, 0.5) is 5.69 Å². The quantitative estimate of drug-likeness (QED) is 0.707. The van der Waals surface area contributed by atoms with Crippen LogP contribution in [-0.2, 0) is 0 Å². The Hall–Kier alpha value is -1.21. The highest BCUT2D eigenvalue weighted by Crippen LogP contribution is 2.40. The SMILES string of the molecule is Nc1ccc2c(Cl)cccc2c1C1CCCCC1. The van der Waals surface area contributed by atoms with Crippen LogP contribution in [0.3, 0.4) is 0 Å². The van der Waals surface area contributed by atoms with Crippen molar-refractivity contribution in [2.45, 2.75) is 38.0 Å². The van der Waals surface area contributed by atoms with E-state index in [1.807, 2.05) is 24.3 Å². The molecular weight excluding hydrogens is 242 g/mol. The van der Waals surface area contributed by atoms with Crippen molar-refractivity contribution < 1.29 is 0 Å². The van der Waals surface area contributed by atoms with Crippen molar-refractivity contribution in [3.8, 4) is 0 Å². The first-order valence-corrected chi connectivity index (χ1v) is 7.12. The van der Waals surface area contributed by atoms with Gasteiger partial charge in [-0.25, -0.2) is 0 Å². The maximum absolute atomic E-state index is 6.28. The second-order valence-electron chi connectivity index (χ2n) is 5.24. The first-order chi connectivity index (χ1) is 8.77. The molecule has 0 amide bonds. The van der Waals surface area contributed by atoms with Crippen molar-refractivity contribution in [1.29, 1.82) is 0 Å². The van der Waals surface area contributed by atoms with E-state index < -0.39 is 0 Å². The Morgan fingerprint density at radius 3 is 2.50 bits per heavy atom. The van der Waals surface area contributed by atoms with E-state index in [4.69, 9.17) is 17.3 Å². The van der Waals surface area contributed by atoms with Gasteiger partial charge in [-0.2, -0.15) is 0 Å². The molecule has 0 unspecified atom stereocenters. The van der Waals surface area contributed by atoms with Gasteiger partial charge in [0.05, 0.1) is 0 Å². The zero-order valence-corrected chi connectivity index (χ0v) is 11.2. The molecule has 18 heavy (non-hydrogen) atoms. The fourth-order valence-corrected chi connectivity index (χ4v) is 3.44. The molecule has 0 heterocycles. The number of rotatable bonds is 1. The highest BCUT2D eigenvalue weighted by Gasteiger charge is 2.20. The third-order valence-corrected chi connectivity index (χ3v) is 4.43. The lowest BCUT2D eigenvalue weighted by atomic mass is 9.81. The lowest BCUT2D eigenvalue weighted by Crippen LogP contribution is -2.08. The second kappa shape index (κ2) is 4.81. The number of halogens is 1. The van der Waals surface area contributed by atoms with E-state index in [0.717, 1.165) is 16.1 Å². The van der Waals surface area contributed by atoms with Crippen molar-refractivity contribution in [3.63, 3.8) is 0 Å². The molecule has 94 valence electrons. The normalized spacial score (nSPS) is 17.2. The van der Waals surface area contributed by atoms with Crippen LogP contribution in [0.2, 0.25) is 5.02 Å². The summed E-state index contributed by atoms with van der Waals surface area (Å²) in [5.74, 6) is 0.612. The number of nitrogen functional groups attached to an aromatic ring is 1. The zero-order valence-electron chi connectivity index (χ0n) is 10.5. The van der Waals surface area contributed by atoms with E-state index in [2.05, 4.69) is 6.07 Å². The Morgan fingerprint density at radius 1 is 0.944 bits per heavy atom. The summed E-state index contributed by atoms with van der Waals surface area (Å²) in [5, 5.41) is 3.20. The highest BCUT2D eigenvalue weighted by molar-refractivity contribution is 6.35. The molecule has 1 aliphatic carbocycles. The van der Waals surface area contributed by atoms with Crippen LogP contribution in [0.25, 0.3) is 10.8 Å². The molecule has 0 atom stereocenters. The van der Waals surface area contributed by atoms with Crippen molar-refractivity contribution in [3.05, 3.63) is 40.9 Å². The number of nitrogens with two attached hydrogens (primary N) is 1. The summed E-state index contributed by atoms with van der Waals surface area (Å²) >= 11 is 6.28. The summed E-state index contributed by atoms with van der Waals surface area (Å²) in [5.41, 5.74) is 8.48. The first-order valence-electron chi connectivity index (χ1n) is 6.74. The van der Waals surface area contributed by atoms with E-state index in [1.165, 1.54) is 43.1 Å². The van der Waals surface area contributed by atoms with Crippen LogP contribution >= 0.6 is 11.6 Å². The summed E-state index contributed by atoms with van der Waals surface area (Å²) in [6.07, 6.45) is 6.52. The van der Waals surface area contributed by atoms with Gasteiger partial charge in [0, 0.05) is 16.1 Å². The molecule has 2 aromatic rings. The van der Waals surface area contributed by atoms with Crippen LogP contribution < -0.4 is 5.73 Å². The maximum atomic E-state index is 6.28. The minimum Gasteiger partial charge on any atom is -0.398 e. The van der Waals surface area contributed by atoms with E-state index in [0.29, 0.717) is 5.92 Å². The molecule has 1 saturated carbocycles. The molecule has 0 aromatic heterocycles. The fraction of sp³-hybridized carbons (Fsp3) is 0.375. The number of hydrogen-bond donors (Lipinski definition) is 1. The molecule has 1 fully saturated rings. The van der Waals surface area contributed by atoms with Gasteiger partial charge in [0.1, 0.15) is 0 Å². The van der Waals surface area contributed by atoms with Gasteiger partial charge in [0.25, 0.3) is 0 Å². The first kappa shape index (κ1) is 11.9. The largest absolute Gasteiger partial charge is 0.398 e. The number of anilines is 1. The summed E-state index contributed by atoms with van der Waals surface area (Å²) in [7, 11) is 0. The van der Waals surface area contributed by atoms with Gasteiger partial charge in [-0.3, -0.25) is 0 Å². The summed E-state index contributed by atoms with van der Waals surface area (Å²) in [4.78, 5) is 0. The molecule has 1 nitrogen and oxygen atoms in total. The number of hydrogen-bond acceptors (Lipinski definition) is 1. The molecule has 0 aliphatic heterocycles. The minimum atomic E-state index is 0.612. The Bertz CT molecular complexity index is 571. The summed E-state index contributed by atoms with van der Waals surface area (Å²) in [6, 6.07) is 10.2. The van der Waals surface area contributed by atoms with Crippen molar-refractivity contribution in [1.82, 2.24) is 0 Å². The van der Waals surface area contributed by atoms with E-state index in [1.54, 1.807) is 0 Å². The lowest BCUT2D eigenvalue weighted by molar-refractivity contribution is 0.446. The van der Waals surface area contributed by atoms with E-state index in [9.17, 15) is 0 Å². The standard InChI is InChI=1S/C16H18ClN/c17-14-8-4-7-13-12(14)9-10-15(18)16(13)11-5-2-1-3-6-11/h4,7-11H,1-3,5-6,18H2. The van der Waals surface area contributed by atoms with Crippen molar-refractivity contribution >= 4 is 28.1 Å². The minimum absolute atomic E-state index is 0.612. The second-order valence-corrected chi connectivity index (χ2v) is 5.65. The van der Waals surface area contributed by atoms with Crippen LogP contribution in [0.15, 0.2) is 30.3 Å². The van der Waals surface area contributed by atoms with Gasteiger partial charge in [0.2, 0.25) is 0 Å². The topological polar surface area (TPSA) is 26.0 Å². The molecule has 3 rings (SSSR count). The predicted octanol–water partition coefficient (Wildman–Crippen LogP) is 5.12. The Kier molecular flexibility index (Phi) is 3.17. The average molecular weight is 260 g/mol. The average Bonchev–Trinajstić information content (AvgIpc) is 2.40. The molecule has 2 aromatic carbocycles. The van der Waals surface area contributed by atoms with E-state index >= 15 is 0 Å².